The van der Waals surface area contributed by atoms with E-state index in [2.05, 4.69) is 30.8 Å². The van der Waals surface area contributed by atoms with Crippen molar-refractivity contribution in [2.24, 2.45) is 5.92 Å². The minimum Gasteiger partial charge on any atom is -0.310 e. The Morgan fingerprint density at radius 3 is 2.55 bits per heavy atom. The van der Waals surface area contributed by atoms with Crippen molar-refractivity contribution in [3.8, 4) is 0 Å². The second kappa shape index (κ2) is 5.84. The Morgan fingerprint density at radius 2 is 2.00 bits per heavy atom. The lowest BCUT2D eigenvalue weighted by molar-refractivity contribution is 0.575. The van der Waals surface area contributed by atoms with Gasteiger partial charge in [-0.3, -0.25) is 0 Å². The molecule has 4 nitrogen and oxygen atoms in total. The van der Waals surface area contributed by atoms with Crippen LogP contribution >= 0.6 is 0 Å². The van der Waals surface area contributed by atoms with Crippen LogP contribution in [0.4, 0.5) is 0 Å². The minimum absolute atomic E-state index is 0.108. The molecule has 1 aliphatic rings. The number of aryl methyl sites for hydroxylation is 1. The van der Waals surface area contributed by atoms with Crippen molar-refractivity contribution in [1.29, 1.82) is 0 Å². The first-order valence-electron chi connectivity index (χ1n) is 7.15. The number of rotatable bonds is 6. The predicted molar refractivity (Wildman–Crippen MR) is 81.0 cm³/mol. The molecule has 0 radical (unpaired) electrons. The van der Waals surface area contributed by atoms with Gasteiger partial charge in [-0.2, -0.15) is 0 Å². The molecule has 0 bridgehead atoms. The highest BCUT2D eigenvalue weighted by Gasteiger charge is 2.36. The Bertz CT molecular complexity index is 582. The van der Waals surface area contributed by atoms with E-state index in [0.717, 1.165) is 17.5 Å². The van der Waals surface area contributed by atoms with Crippen LogP contribution in [0.1, 0.15) is 38.3 Å². The standard InChI is InChI=1S/C15H24N2O2S/c1-10(2)16-9-13-6-5-11(3)15(8-13)20(18,19)17-14-7-12(14)4/h5-6,8,10,12,14,16-17H,7,9H2,1-4H3. The summed E-state index contributed by atoms with van der Waals surface area (Å²) in [6.45, 7) is 8.72. The lowest BCUT2D eigenvalue weighted by Crippen LogP contribution is -2.28. The van der Waals surface area contributed by atoms with Gasteiger partial charge in [0, 0.05) is 18.6 Å². The average Bonchev–Trinajstić information content (AvgIpc) is 3.02. The van der Waals surface area contributed by atoms with Crippen molar-refractivity contribution >= 4 is 10.0 Å². The van der Waals surface area contributed by atoms with Crippen LogP contribution in [0.3, 0.4) is 0 Å². The number of sulfonamides is 1. The molecule has 2 N–H and O–H groups in total. The van der Waals surface area contributed by atoms with Gasteiger partial charge >= 0.3 is 0 Å². The summed E-state index contributed by atoms with van der Waals surface area (Å²) >= 11 is 0. The van der Waals surface area contributed by atoms with Gasteiger partial charge < -0.3 is 5.32 Å². The third-order valence-electron chi connectivity index (χ3n) is 3.67. The van der Waals surface area contributed by atoms with Crippen LogP contribution in [0.25, 0.3) is 0 Å². The lowest BCUT2D eigenvalue weighted by atomic mass is 10.1. The highest BCUT2D eigenvalue weighted by atomic mass is 32.2. The molecule has 1 aliphatic carbocycles. The minimum atomic E-state index is -3.40. The quantitative estimate of drug-likeness (QED) is 0.846. The summed E-state index contributed by atoms with van der Waals surface area (Å²) in [7, 11) is -3.40. The van der Waals surface area contributed by atoms with Crippen LogP contribution in [0, 0.1) is 12.8 Å². The Balaban J connectivity index is 2.19. The van der Waals surface area contributed by atoms with Crippen LogP contribution in [-0.2, 0) is 16.6 Å². The lowest BCUT2D eigenvalue weighted by Gasteiger charge is -2.12. The van der Waals surface area contributed by atoms with Gasteiger partial charge in [0.15, 0.2) is 0 Å². The molecule has 2 unspecified atom stereocenters. The molecule has 5 heteroatoms. The molecule has 1 aromatic rings. The van der Waals surface area contributed by atoms with Crippen molar-refractivity contribution in [3.05, 3.63) is 29.3 Å². The van der Waals surface area contributed by atoms with Gasteiger partial charge in [-0.1, -0.05) is 32.9 Å². The summed E-state index contributed by atoms with van der Waals surface area (Å²) in [6, 6.07) is 6.12. The zero-order chi connectivity index (χ0) is 14.9. The van der Waals surface area contributed by atoms with Gasteiger partial charge in [-0.25, -0.2) is 13.1 Å². The van der Waals surface area contributed by atoms with Gasteiger partial charge in [0.25, 0.3) is 0 Å². The van der Waals surface area contributed by atoms with Crippen LogP contribution in [0.15, 0.2) is 23.1 Å². The largest absolute Gasteiger partial charge is 0.310 e. The van der Waals surface area contributed by atoms with E-state index in [4.69, 9.17) is 0 Å². The van der Waals surface area contributed by atoms with E-state index in [1.165, 1.54) is 0 Å². The third kappa shape index (κ3) is 3.81. The van der Waals surface area contributed by atoms with Gasteiger partial charge in [-0.05, 0) is 36.5 Å². The first-order chi connectivity index (χ1) is 9.29. The average molecular weight is 296 g/mol. The fourth-order valence-corrected chi connectivity index (χ4v) is 3.77. The summed E-state index contributed by atoms with van der Waals surface area (Å²) in [5.74, 6) is 0.455. The molecule has 0 spiro atoms. The molecule has 0 amide bonds. The van der Waals surface area contributed by atoms with Crippen LogP contribution in [-0.4, -0.2) is 20.5 Å². The summed E-state index contributed by atoms with van der Waals surface area (Å²) in [6.07, 6.45) is 0.937. The molecule has 1 saturated carbocycles. The normalized spacial score (nSPS) is 22.2. The summed E-state index contributed by atoms with van der Waals surface area (Å²) in [4.78, 5) is 0.402. The predicted octanol–water partition coefficient (Wildman–Crippen LogP) is 2.18. The molecule has 2 atom stereocenters. The van der Waals surface area contributed by atoms with Crippen LogP contribution < -0.4 is 10.0 Å². The molecule has 1 fully saturated rings. The van der Waals surface area contributed by atoms with Crippen molar-refractivity contribution in [3.63, 3.8) is 0 Å². The number of benzene rings is 1. The second-order valence-electron chi connectivity index (χ2n) is 6.08. The fourth-order valence-electron chi connectivity index (χ4n) is 2.11. The van der Waals surface area contributed by atoms with E-state index in [0.29, 0.717) is 23.4 Å². The summed E-state index contributed by atoms with van der Waals surface area (Å²) in [5.41, 5.74) is 1.78. The fraction of sp³-hybridized carbons (Fsp3) is 0.600. The first-order valence-corrected chi connectivity index (χ1v) is 8.63. The van der Waals surface area contributed by atoms with Gasteiger partial charge in [-0.15, -0.1) is 0 Å². The molecule has 0 aromatic heterocycles. The highest BCUT2D eigenvalue weighted by Crippen LogP contribution is 2.31. The zero-order valence-corrected chi connectivity index (χ0v) is 13.4. The van der Waals surface area contributed by atoms with E-state index in [1.807, 2.05) is 19.1 Å². The molecule has 2 rings (SSSR count). The highest BCUT2D eigenvalue weighted by molar-refractivity contribution is 7.89. The summed E-state index contributed by atoms with van der Waals surface area (Å²) < 4.78 is 27.6. The maximum Gasteiger partial charge on any atom is 0.241 e. The zero-order valence-electron chi connectivity index (χ0n) is 12.6. The van der Waals surface area contributed by atoms with E-state index in [9.17, 15) is 8.42 Å². The van der Waals surface area contributed by atoms with Crippen molar-refractivity contribution in [2.45, 2.75) is 57.6 Å². The van der Waals surface area contributed by atoms with Crippen molar-refractivity contribution in [2.75, 3.05) is 0 Å². The van der Waals surface area contributed by atoms with Crippen LogP contribution in [0.5, 0.6) is 0 Å². The summed E-state index contributed by atoms with van der Waals surface area (Å²) in [5, 5.41) is 3.30. The second-order valence-corrected chi connectivity index (χ2v) is 7.76. The molecule has 1 aromatic carbocycles. The Hall–Kier alpha value is -0.910. The van der Waals surface area contributed by atoms with Gasteiger partial charge in [0.2, 0.25) is 10.0 Å². The molecule has 0 heterocycles. The van der Waals surface area contributed by atoms with Gasteiger partial charge in [0.1, 0.15) is 0 Å². The SMILES string of the molecule is Cc1ccc(CNC(C)C)cc1S(=O)(=O)NC1CC1C. The molecule has 0 saturated heterocycles. The monoisotopic (exact) mass is 296 g/mol. The van der Waals surface area contributed by atoms with Crippen molar-refractivity contribution < 1.29 is 8.42 Å². The van der Waals surface area contributed by atoms with E-state index in [-0.39, 0.29) is 6.04 Å². The molecule has 112 valence electrons. The first kappa shape index (κ1) is 15.5. The maximum absolute atomic E-state index is 12.4. The van der Waals surface area contributed by atoms with E-state index >= 15 is 0 Å². The third-order valence-corrected chi connectivity index (χ3v) is 5.30. The number of hydrogen-bond acceptors (Lipinski definition) is 3. The van der Waals surface area contributed by atoms with E-state index in [1.54, 1.807) is 6.07 Å². The number of hydrogen-bond donors (Lipinski definition) is 2. The Kier molecular flexibility index (Phi) is 4.52. The molecular formula is C15H24N2O2S. The van der Waals surface area contributed by atoms with Gasteiger partial charge in [0.05, 0.1) is 4.90 Å². The number of nitrogens with one attached hydrogen (secondary N) is 2. The molecule has 0 aliphatic heterocycles. The van der Waals surface area contributed by atoms with E-state index < -0.39 is 10.0 Å². The molecule has 20 heavy (non-hydrogen) atoms. The Labute approximate surface area is 122 Å². The molecular weight excluding hydrogens is 272 g/mol. The Morgan fingerprint density at radius 1 is 1.35 bits per heavy atom. The van der Waals surface area contributed by atoms with Crippen LogP contribution in [0.2, 0.25) is 0 Å². The topological polar surface area (TPSA) is 58.2 Å². The van der Waals surface area contributed by atoms with Crippen molar-refractivity contribution in [1.82, 2.24) is 10.0 Å². The maximum atomic E-state index is 12.4. The smallest absolute Gasteiger partial charge is 0.241 e.